The number of carbonyl (C=O) groups is 1. The van der Waals surface area contributed by atoms with Crippen LogP contribution < -0.4 is 0 Å². The Kier molecular flexibility index (Phi) is 13.0. The summed E-state index contributed by atoms with van der Waals surface area (Å²) in [7, 11) is 0. The van der Waals surface area contributed by atoms with Gasteiger partial charge in [0.2, 0.25) is 5.12 Å². The Morgan fingerprint density at radius 3 is 1.61 bits per heavy atom. The van der Waals surface area contributed by atoms with Crippen LogP contribution in [-0.2, 0) is 4.79 Å². The zero-order valence-corrected chi connectivity index (χ0v) is 12.9. The maximum atomic E-state index is 10.8. The fourth-order valence-electron chi connectivity index (χ4n) is 2.11. The van der Waals surface area contributed by atoms with Gasteiger partial charge < -0.3 is 0 Å². The van der Waals surface area contributed by atoms with E-state index in [2.05, 4.69) is 26.1 Å². The van der Waals surface area contributed by atoms with Gasteiger partial charge in [0.1, 0.15) is 0 Å². The number of rotatable bonds is 13. The van der Waals surface area contributed by atoms with Crippen LogP contribution in [0.1, 0.15) is 84.0 Å². The predicted octanol–water partition coefficient (Wildman–Crippen LogP) is 5.70. The van der Waals surface area contributed by atoms with Gasteiger partial charge in [-0.15, -0.1) is 12.6 Å². The van der Waals surface area contributed by atoms with E-state index >= 15 is 0 Å². The maximum absolute atomic E-state index is 10.8. The predicted molar refractivity (Wildman–Crippen MR) is 84.2 cm³/mol. The lowest BCUT2D eigenvalue weighted by Crippen LogP contribution is -1.91. The number of thiol groups is 1. The molecule has 0 saturated heterocycles. The zero-order valence-electron chi connectivity index (χ0n) is 12.0. The lowest BCUT2D eigenvalue weighted by atomic mass is 10.0. The summed E-state index contributed by atoms with van der Waals surface area (Å²) in [6.07, 6.45) is 15.5. The summed E-state index contributed by atoms with van der Waals surface area (Å²) in [5.74, 6) is 0. The highest BCUT2D eigenvalue weighted by Crippen LogP contribution is 2.14. The van der Waals surface area contributed by atoms with Crippen LogP contribution in [0.15, 0.2) is 12.2 Å². The molecule has 0 heterocycles. The molecule has 0 aromatic rings. The van der Waals surface area contributed by atoms with Crippen molar-refractivity contribution in [2.45, 2.75) is 84.0 Å². The maximum Gasteiger partial charge on any atom is 0.211 e. The lowest BCUT2D eigenvalue weighted by Gasteiger charge is -2.03. The van der Waals surface area contributed by atoms with Gasteiger partial charge in [-0.05, 0) is 18.4 Å². The van der Waals surface area contributed by atoms with Gasteiger partial charge in [0.15, 0.2) is 0 Å². The van der Waals surface area contributed by atoms with Crippen LogP contribution in [0.4, 0.5) is 0 Å². The number of carbonyl (C=O) groups excluding carboxylic acids is 1. The van der Waals surface area contributed by atoms with Crippen LogP contribution in [0.3, 0.4) is 0 Å². The number of hydrogen-bond donors (Lipinski definition) is 1. The van der Waals surface area contributed by atoms with E-state index in [1.165, 1.54) is 64.2 Å². The Morgan fingerprint density at radius 2 is 1.22 bits per heavy atom. The van der Waals surface area contributed by atoms with E-state index in [1.54, 1.807) is 0 Å². The van der Waals surface area contributed by atoms with Gasteiger partial charge in [-0.25, -0.2) is 0 Å². The third kappa shape index (κ3) is 12.2. The molecule has 0 rings (SSSR count). The van der Waals surface area contributed by atoms with E-state index in [0.717, 1.165) is 12.8 Å². The van der Waals surface area contributed by atoms with Gasteiger partial charge in [-0.1, -0.05) is 77.7 Å². The highest BCUT2D eigenvalue weighted by Gasteiger charge is 2.00. The van der Waals surface area contributed by atoms with Crippen LogP contribution in [0.5, 0.6) is 0 Å². The minimum Gasteiger partial charge on any atom is -0.282 e. The van der Waals surface area contributed by atoms with E-state index in [4.69, 9.17) is 0 Å². The highest BCUT2D eigenvalue weighted by molar-refractivity contribution is 7.97. The van der Waals surface area contributed by atoms with Gasteiger partial charge in [-0.3, -0.25) is 4.79 Å². The summed E-state index contributed by atoms with van der Waals surface area (Å²) < 4.78 is 0. The smallest absolute Gasteiger partial charge is 0.211 e. The molecule has 0 amide bonds. The minimum absolute atomic E-state index is 0.151. The molecule has 18 heavy (non-hydrogen) atoms. The van der Waals surface area contributed by atoms with Crippen molar-refractivity contribution in [2.75, 3.05) is 0 Å². The first-order chi connectivity index (χ1) is 8.68. The van der Waals surface area contributed by atoms with Crippen LogP contribution in [0.2, 0.25) is 0 Å². The third-order valence-corrected chi connectivity index (χ3v) is 3.70. The SMILES string of the molecule is C=C(CCCCCCCCCCCCC)C(=O)S. The molecule has 0 N–H and O–H groups in total. The van der Waals surface area contributed by atoms with Gasteiger partial charge in [0.05, 0.1) is 0 Å². The molecule has 0 saturated carbocycles. The summed E-state index contributed by atoms with van der Waals surface area (Å²) in [6, 6.07) is 0. The Hall–Kier alpha value is -0.240. The molecule has 0 aliphatic heterocycles. The van der Waals surface area contributed by atoms with Crippen LogP contribution in [-0.4, -0.2) is 5.12 Å². The molecule has 0 aliphatic carbocycles. The summed E-state index contributed by atoms with van der Waals surface area (Å²) in [6.45, 7) is 5.97. The Labute approximate surface area is 119 Å². The van der Waals surface area contributed by atoms with Crippen molar-refractivity contribution in [1.29, 1.82) is 0 Å². The fraction of sp³-hybridized carbons (Fsp3) is 0.812. The van der Waals surface area contributed by atoms with Gasteiger partial charge in [0, 0.05) is 0 Å². The first-order valence-corrected chi connectivity index (χ1v) is 8.04. The molecule has 2 heteroatoms. The zero-order chi connectivity index (χ0) is 13.6. The molecule has 1 nitrogen and oxygen atoms in total. The van der Waals surface area contributed by atoms with E-state index in [9.17, 15) is 4.79 Å². The molecular weight excluding hydrogens is 240 g/mol. The van der Waals surface area contributed by atoms with Crippen molar-refractivity contribution in [3.05, 3.63) is 12.2 Å². The highest BCUT2D eigenvalue weighted by atomic mass is 32.1. The van der Waals surface area contributed by atoms with Crippen molar-refractivity contribution < 1.29 is 4.79 Å². The number of hydrogen-bond acceptors (Lipinski definition) is 1. The second-order valence-corrected chi connectivity index (χ2v) is 5.60. The van der Waals surface area contributed by atoms with Crippen LogP contribution >= 0.6 is 12.6 Å². The van der Waals surface area contributed by atoms with Crippen molar-refractivity contribution in [1.82, 2.24) is 0 Å². The minimum atomic E-state index is -0.151. The Bertz CT molecular complexity index is 223. The first kappa shape index (κ1) is 17.8. The molecule has 0 atom stereocenters. The van der Waals surface area contributed by atoms with Crippen molar-refractivity contribution in [3.63, 3.8) is 0 Å². The average Bonchev–Trinajstić information content (AvgIpc) is 2.35. The van der Waals surface area contributed by atoms with E-state index < -0.39 is 0 Å². The number of unbranched alkanes of at least 4 members (excludes halogenated alkanes) is 10. The molecule has 0 unspecified atom stereocenters. The monoisotopic (exact) mass is 270 g/mol. The second-order valence-electron chi connectivity index (χ2n) is 5.19. The fourth-order valence-corrected chi connectivity index (χ4v) is 2.22. The normalized spacial score (nSPS) is 10.6. The Morgan fingerprint density at radius 1 is 0.833 bits per heavy atom. The van der Waals surface area contributed by atoms with E-state index in [1.807, 2.05) is 0 Å². The summed E-state index contributed by atoms with van der Waals surface area (Å²) in [5.41, 5.74) is 0.661. The van der Waals surface area contributed by atoms with Gasteiger partial charge in [0.25, 0.3) is 0 Å². The van der Waals surface area contributed by atoms with Gasteiger partial charge >= 0.3 is 0 Å². The third-order valence-electron chi connectivity index (χ3n) is 3.38. The van der Waals surface area contributed by atoms with Crippen molar-refractivity contribution >= 4 is 17.7 Å². The van der Waals surface area contributed by atoms with Crippen LogP contribution in [0.25, 0.3) is 0 Å². The van der Waals surface area contributed by atoms with E-state index in [-0.39, 0.29) is 5.12 Å². The van der Waals surface area contributed by atoms with Crippen molar-refractivity contribution in [3.8, 4) is 0 Å². The Balaban J connectivity index is 3.07. The molecule has 0 bridgehead atoms. The summed E-state index contributed by atoms with van der Waals surface area (Å²) >= 11 is 3.76. The molecule has 0 radical (unpaired) electrons. The van der Waals surface area contributed by atoms with Gasteiger partial charge in [-0.2, -0.15) is 0 Å². The summed E-state index contributed by atoms with van der Waals surface area (Å²) in [4.78, 5) is 10.8. The largest absolute Gasteiger partial charge is 0.282 e. The topological polar surface area (TPSA) is 17.1 Å². The molecule has 0 aromatic heterocycles. The summed E-state index contributed by atoms with van der Waals surface area (Å²) in [5, 5.41) is -0.151. The average molecular weight is 270 g/mol. The van der Waals surface area contributed by atoms with Crippen molar-refractivity contribution in [2.24, 2.45) is 0 Å². The molecule has 0 spiro atoms. The second kappa shape index (κ2) is 13.2. The standard InChI is InChI=1S/C16H30OS/c1-3-4-5-6-7-8-9-10-11-12-13-14-15(2)16(17)18/h2-14H2,1H3,(H,17,18). The molecule has 0 aliphatic rings. The van der Waals surface area contributed by atoms with Crippen LogP contribution in [0, 0.1) is 0 Å². The van der Waals surface area contributed by atoms with E-state index in [0.29, 0.717) is 5.57 Å². The molecule has 106 valence electrons. The quantitative estimate of drug-likeness (QED) is 0.258. The molecule has 0 aromatic carbocycles. The lowest BCUT2D eigenvalue weighted by molar-refractivity contribution is -0.107. The first-order valence-electron chi connectivity index (χ1n) is 7.59. The molecular formula is C16H30OS. The molecule has 0 fully saturated rings.